The van der Waals surface area contributed by atoms with E-state index in [1.807, 2.05) is 11.8 Å². The molecule has 0 amide bonds. The summed E-state index contributed by atoms with van der Waals surface area (Å²) in [4.78, 5) is 0. The van der Waals surface area contributed by atoms with E-state index in [-0.39, 0.29) is 6.61 Å². The van der Waals surface area contributed by atoms with Crippen molar-refractivity contribution in [3.8, 4) is 11.8 Å². The maximum atomic E-state index is 9.94. The zero-order valence-electron chi connectivity index (χ0n) is 12.3. The lowest BCUT2D eigenvalue weighted by molar-refractivity contribution is 0.105. The number of ether oxygens (including phenoxy) is 1. The third-order valence-corrected chi connectivity index (χ3v) is 5.35. The van der Waals surface area contributed by atoms with Crippen molar-refractivity contribution in [3.63, 3.8) is 0 Å². The second-order valence-electron chi connectivity index (χ2n) is 5.48. The van der Waals surface area contributed by atoms with Gasteiger partial charge in [0.25, 0.3) is 0 Å². The summed E-state index contributed by atoms with van der Waals surface area (Å²) < 4.78 is 5.89. The van der Waals surface area contributed by atoms with Gasteiger partial charge in [0.15, 0.2) is 0 Å². The van der Waals surface area contributed by atoms with E-state index in [1.165, 1.54) is 19.3 Å². The van der Waals surface area contributed by atoms with E-state index < -0.39 is 6.10 Å². The summed E-state index contributed by atoms with van der Waals surface area (Å²) in [6.45, 7) is 1.70. The maximum Gasteiger partial charge on any atom is 0.120 e. The Hall–Kier alpha value is -1.22. The molecule has 0 saturated heterocycles. The quantitative estimate of drug-likeness (QED) is 0.770. The van der Waals surface area contributed by atoms with Crippen LogP contribution in [0.5, 0.6) is 5.75 Å². The molecule has 0 aromatic heterocycles. The van der Waals surface area contributed by atoms with Gasteiger partial charge in [0.05, 0.1) is 11.6 Å². The van der Waals surface area contributed by atoms with E-state index in [9.17, 15) is 5.11 Å². The minimum Gasteiger partial charge on any atom is -0.491 e. The van der Waals surface area contributed by atoms with Crippen molar-refractivity contribution in [1.82, 2.24) is 5.32 Å². The van der Waals surface area contributed by atoms with Crippen LogP contribution >= 0.6 is 11.8 Å². The molecule has 0 bridgehead atoms. The molecule has 0 aliphatic heterocycles. The number of thioether (sulfide) groups is 1. The predicted molar refractivity (Wildman–Crippen MR) is 85.6 cm³/mol. The molecule has 1 aliphatic carbocycles. The van der Waals surface area contributed by atoms with Gasteiger partial charge in [-0.1, -0.05) is 12.5 Å². The molecule has 1 unspecified atom stereocenters. The number of aliphatic hydroxyl groups excluding tert-OH is 1. The first-order valence-electron chi connectivity index (χ1n) is 7.24. The fourth-order valence-corrected chi connectivity index (χ4v) is 3.34. The molecule has 1 aromatic rings. The Balaban J connectivity index is 1.67. The molecule has 1 aromatic carbocycles. The normalized spacial score (nSPS) is 17.6. The average Bonchev–Trinajstić information content (AvgIpc) is 2.48. The first kappa shape index (κ1) is 16.2. The van der Waals surface area contributed by atoms with E-state index >= 15 is 0 Å². The molecule has 21 heavy (non-hydrogen) atoms. The first-order chi connectivity index (χ1) is 10.2. The van der Waals surface area contributed by atoms with Gasteiger partial charge in [0.2, 0.25) is 0 Å². The van der Waals surface area contributed by atoms with Crippen LogP contribution in [-0.2, 0) is 0 Å². The third kappa shape index (κ3) is 4.63. The monoisotopic (exact) mass is 306 g/mol. The Morgan fingerprint density at radius 3 is 2.95 bits per heavy atom. The molecule has 2 rings (SSSR count). The minimum absolute atomic E-state index is 0.230. The van der Waals surface area contributed by atoms with Crippen LogP contribution in [0.15, 0.2) is 24.3 Å². The smallest absolute Gasteiger partial charge is 0.120 e. The number of nitrogens with zero attached hydrogens (tertiary/aromatic N) is 1. The molecule has 0 spiro atoms. The summed E-state index contributed by atoms with van der Waals surface area (Å²) in [6, 6.07) is 9.04. The largest absolute Gasteiger partial charge is 0.491 e. The van der Waals surface area contributed by atoms with Crippen molar-refractivity contribution in [3.05, 3.63) is 29.8 Å². The second kappa shape index (κ2) is 7.69. The summed E-state index contributed by atoms with van der Waals surface area (Å²) in [6.07, 6.45) is 5.44. The summed E-state index contributed by atoms with van der Waals surface area (Å²) in [7, 11) is 0. The number of hydrogen-bond donors (Lipinski definition) is 2. The van der Waals surface area contributed by atoms with Crippen LogP contribution in [-0.4, -0.2) is 41.9 Å². The molecular formula is C16H22N2O2S. The molecule has 1 atom stereocenters. The fourth-order valence-electron chi connectivity index (χ4n) is 2.40. The van der Waals surface area contributed by atoms with Gasteiger partial charge in [-0.05, 0) is 37.3 Å². The minimum atomic E-state index is -0.547. The standard InChI is InChI=1S/C16H22N2O2S/c1-21-16(6-3-7-16)12-18-10-14(19)11-20-15-5-2-4-13(8-15)9-17/h2,4-5,8,14,18-19H,3,6-7,10-12H2,1H3. The molecule has 4 nitrogen and oxygen atoms in total. The van der Waals surface area contributed by atoms with Crippen LogP contribution in [0.25, 0.3) is 0 Å². The third-order valence-electron chi connectivity index (χ3n) is 3.93. The first-order valence-corrected chi connectivity index (χ1v) is 8.47. The molecule has 114 valence electrons. The lowest BCUT2D eigenvalue weighted by atomic mass is 9.84. The van der Waals surface area contributed by atoms with Gasteiger partial charge in [-0.2, -0.15) is 17.0 Å². The average molecular weight is 306 g/mol. The van der Waals surface area contributed by atoms with Gasteiger partial charge in [-0.15, -0.1) is 0 Å². The number of nitriles is 1. The van der Waals surface area contributed by atoms with E-state index in [0.29, 0.717) is 22.6 Å². The molecule has 0 radical (unpaired) electrons. The van der Waals surface area contributed by atoms with E-state index in [0.717, 1.165) is 6.54 Å². The van der Waals surface area contributed by atoms with E-state index in [2.05, 4.69) is 17.6 Å². The molecule has 0 heterocycles. The Labute approximate surface area is 130 Å². The lowest BCUT2D eigenvalue weighted by Gasteiger charge is -2.40. The molecule has 1 saturated carbocycles. The van der Waals surface area contributed by atoms with Crippen LogP contribution in [0.1, 0.15) is 24.8 Å². The number of nitrogens with one attached hydrogen (secondary N) is 1. The van der Waals surface area contributed by atoms with E-state index in [1.54, 1.807) is 24.3 Å². The Morgan fingerprint density at radius 1 is 1.52 bits per heavy atom. The van der Waals surface area contributed by atoms with Crippen LogP contribution in [0, 0.1) is 11.3 Å². The topological polar surface area (TPSA) is 65.3 Å². The number of aliphatic hydroxyl groups is 1. The Morgan fingerprint density at radius 2 is 2.33 bits per heavy atom. The molecule has 5 heteroatoms. The van der Waals surface area contributed by atoms with Crippen molar-refractivity contribution in [2.24, 2.45) is 0 Å². The molecule has 2 N–H and O–H groups in total. The van der Waals surface area contributed by atoms with Crippen molar-refractivity contribution < 1.29 is 9.84 Å². The van der Waals surface area contributed by atoms with E-state index in [4.69, 9.17) is 10.00 Å². The SMILES string of the molecule is CSC1(CNCC(O)COc2cccc(C#N)c2)CCC1. The van der Waals surface area contributed by atoms with Crippen LogP contribution in [0.4, 0.5) is 0 Å². The Kier molecular flexibility index (Phi) is 5.92. The Bertz CT molecular complexity index is 492. The number of rotatable bonds is 8. The maximum absolute atomic E-state index is 9.94. The lowest BCUT2D eigenvalue weighted by Crippen LogP contribution is -2.45. The zero-order chi connectivity index (χ0) is 15.1. The van der Waals surface area contributed by atoms with Gasteiger partial charge in [0.1, 0.15) is 18.5 Å². The zero-order valence-corrected chi connectivity index (χ0v) is 13.2. The molecule has 1 fully saturated rings. The van der Waals surface area contributed by atoms with Crippen LogP contribution in [0.2, 0.25) is 0 Å². The summed E-state index contributed by atoms with van der Waals surface area (Å²) in [5, 5.41) is 22.1. The highest BCUT2D eigenvalue weighted by Gasteiger charge is 2.35. The van der Waals surface area contributed by atoms with Gasteiger partial charge in [-0.3, -0.25) is 0 Å². The fraction of sp³-hybridized carbons (Fsp3) is 0.562. The number of benzene rings is 1. The van der Waals surface area contributed by atoms with Crippen molar-refractivity contribution in [2.75, 3.05) is 26.0 Å². The van der Waals surface area contributed by atoms with Crippen molar-refractivity contribution >= 4 is 11.8 Å². The highest BCUT2D eigenvalue weighted by atomic mass is 32.2. The predicted octanol–water partition coefficient (Wildman–Crippen LogP) is 2.17. The van der Waals surface area contributed by atoms with Gasteiger partial charge < -0.3 is 15.2 Å². The van der Waals surface area contributed by atoms with Gasteiger partial charge in [-0.25, -0.2) is 0 Å². The highest BCUT2D eigenvalue weighted by Crippen LogP contribution is 2.42. The second-order valence-corrected chi connectivity index (χ2v) is 6.75. The summed E-state index contributed by atoms with van der Waals surface area (Å²) >= 11 is 1.92. The molecule has 1 aliphatic rings. The van der Waals surface area contributed by atoms with Crippen LogP contribution in [0.3, 0.4) is 0 Å². The summed E-state index contributed by atoms with van der Waals surface area (Å²) in [5.41, 5.74) is 0.562. The summed E-state index contributed by atoms with van der Waals surface area (Å²) in [5.74, 6) is 0.618. The van der Waals surface area contributed by atoms with Crippen molar-refractivity contribution in [1.29, 1.82) is 5.26 Å². The highest BCUT2D eigenvalue weighted by molar-refractivity contribution is 8.00. The van der Waals surface area contributed by atoms with Gasteiger partial charge >= 0.3 is 0 Å². The van der Waals surface area contributed by atoms with Gasteiger partial charge in [0, 0.05) is 17.8 Å². The van der Waals surface area contributed by atoms with Crippen molar-refractivity contribution in [2.45, 2.75) is 30.1 Å². The number of hydrogen-bond acceptors (Lipinski definition) is 5. The van der Waals surface area contributed by atoms with Crippen LogP contribution < -0.4 is 10.1 Å². The molecular weight excluding hydrogens is 284 g/mol.